The van der Waals surface area contributed by atoms with Crippen molar-refractivity contribution in [1.82, 2.24) is 44.9 Å². The molecule has 0 bridgehead atoms. The minimum Gasteiger partial charge on any atom is -0.382 e. The molecule has 5 aliphatic rings. The first-order chi connectivity index (χ1) is 44.6. The number of rotatable bonds is 13. The number of anilines is 16. The third-order valence-corrected chi connectivity index (χ3v) is 17.3. The van der Waals surface area contributed by atoms with E-state index >= 15 is 0 Å². The Morgan fingerprint density at radius 2 is 0.688 bits per heavy atom. The van der Waals surface area contributed by atoms with E-state index in [0.29, 0.717) is 29.2 Å². The van der Waals surface area contributed by atoms with Gasteiger partial charge in [-0.25, -0.2) is 24.9 Å². The van der Waals surface area contributed by atoms with E-state index in [9.17, 15) is 0 Å². The number of aromatic nitrogens is 9. The van der Waals surface area contributed by atoms with Crippen molar-refractivity contribution in [2.75, 3.05) is 190 Å². The number of piperazine rings is 4. The summed E-state index contributed by atoms with van der Waals surface area (Å²) in [5.74, 6) is 4.54. The predicted octanol–water partition coefficient (Wildman–Crippen LogP) is 7.47. The van der Waals surface area contributed by atoms with Gasteiger partial charge in [-0.05, 0) is 94.0 Å². The minimum atomic E-state index is 0. The summed E-state index contributed by atoms with van der Waals surface area (Å²) in [5.41, 5.74) is 61.5. The molecule has 25 heteroatoms. The first-order valence-electron chi connectivity index (χ1n) is 32.3. The van der Waals surface area contributed by atoms with Gasteiger partial charge in [0, 0.05) is 134 Å². The van der Waals surface area contributed by atoms with Gasteiger partial charge in [-0.15, -0.1) is 0 Å². The van der Waals surface area contributed by atoms with Gasteiger partial charge in [-0.1, -0.05) is 94.8 Å². The molecule has 0 spiro atoms. The number of para-hydroxylation sites is 2. The summed E-state index contributed by atoms with van der Waals surface area (Å²) >= 11 is 0. The standard InChI is InChI=1S/C17H22N6.2C17H24N6.C16H23N7.CH4/c18-16-15(14(12-6-7-12)20-17(19)21-16)23-10-8-22(9-11-23)13-4-2-1-3-5-13;1-3-14-15(16(18)21-17(19)20-14)23-10-8-22(9-11-23)13-6-4-12(2)5-7-13;1-2-6-14-15(16(18)21-17(19)20-14)23-11-9-22(10-12-23)13-7-4-3-5-8-13;1-3-12-14(15(17)21-16(18)20-12)23-8-6-22(7-9-23)13-5-4-11(2)10-19-13;/h1-5,12H,6-11H2,(H4,18,19,20,21);4-7H,3,8-11H2,1-2H3,(H4,18,19,20,21);3-5,7-8H,2,6,9-12H2,1H3,(H4,18,19,20,21);4-5,10H,3,6-9H2,1-2H3,(H4,17,18,20,21);1H4. The summed E-state index contributed by atoms with van der Waals surface area (Å²) in [5, 5.41) is 0. The van der Waals surface area contributed by atoms with Crippen LogP contribution in [-0.4, -0.2) is 150 Å². The molecule has 13 rings (SSSR count). The maximum absolute atomic E-state index is 6.18. The molecule has 9 heterocycles. The van der Waals surface area contributed by atoms with Crippen molar-refractivity contribution in [3.63, 3.8) is 0 Å². The van der Waals surface area contributed by atoms with Gasteiger partial charge in [0.1, 0.15) is 28.6 Å². The number of nitrogens with zero attached hydrogens (tertiary/aromatic N) is 17. The number of nitrogens with two attached hydrogens (primary N) is 8. The summed E-state index contributed by atoms with van der Waals surface area (Å²) in [6, 6.07) is 33.9. The fourth-order valence-corrected chi connectivity index (χ4v) is 12.4. The van der Waals surface area contributed by atoms with E-state index in [4.69, 9.17) is 45.9 Å². The van der Waals surface area contributed by atoms with E-state index in [1.807, 2.05) is 25.3 Å². The maximum atomic E-state index is 6.18. The molecular formula is C68H97N25. The smallest absolute Gasteiger partial charge is 0.222 e. The van der Waals surface area contributed by atoms with Gasteiger partial charge in [-0.3, -0.25) is 0 Å². The van der Waals surface area contributed by atoms with E-state index in [-0.39, 0.29) is 31.2 Å². The van der Waals surface area contributed by atoms with Crippen molar-refractivity contribution in [3.05, 3.63) is 137 Å². The molecule has 0 radical (unpaired) electrons. The van der Waals surface area contributed by atoms with Gasteiger partial charge in [0.2, 0.25) is 23.8 Å². The highest BCUT2D eigenvalue weighted by Crippen LogP contribution is 2.45. The number of benzene rings is 3. The molecule has 4 aliphatic heterocycles. The summed E-state index contributed by atoms with van der Waals surface area (Å²) in [7, 11) is 0. The van der Waals surface area contributed by atoms with E-state index in [0.717, 1.165) is 182 Å². The van der Waals surface area contributed by atoms with Crippen molar-refractivity contribution >= 4 is 92.7 Å². The Balaban J connectivity index is 0.000000146. The van der Waals surface area contributed by atoms with Crippen molar-refractivity contribution in [1.29, 1.82) is 0 Å². The van der Waals surface area contributed by atoms with Crippen LogP contribution in [0, 0.1) is 13.8 Å². The minimum absolute atomic E-state index is 0. The third-order valence-electron chi connectivity index (χ3n) is 17.3. The Bertz CT molecular complexity index is 3530. The number of pyridine rings is 1. The molecule has 0 atom stereocenters. The Hall–Kier alpha value is -10.1. The van der Waals surface area contributed by atoms with Crippen molar-refractivity contribution in [2.24, 2.45) is 0 Å². The molecule has 1 aliphatic carbocycles. The van der Waals surface area contributed by atoms with Crippen LogP contribution in [0.25, 0.3) is 0 Å². The lowest BCUT2D eigenvalue weighted by atomic mass is 10.1. The first-order valence-corrected chi connectivity index (χ1v) is 32.3. The van der Waals surface area contributed by atoms with Crippen LogP contribution in [0.1, 0.15) is 87.3 Å². The average molecular weight is 1260 g/mol. The highest BCUT2D eigenvalue weighted by molar-refractivity contribution is 5.72. The van der Waals surface area contributed by atoms with Gasteiger partial charge in [-0.2, -0.15) is 19.9 Å². The Morgan fingerprint density at radius 3 is 1.06 bits per heavy atom. The molecule has 5 fully saturated rings. The monoisotopic (exact) mass is 1260 g/mol. The number of aryl methyl sites for hydroxylation is 5. The quantitative estimate of drug-likeness (QED) is 0.0554. The number of hydrogen-bond donors (Lipinski definition) is 8. The van der Waals surface area contributed by atoms with E-state index < -0.39 is 0 Å². The van der Waals surface area contributed by atoms with E-state index in [2.05, 4.69) is 197 Å². The largest absolute Gasteiger partial charge is 0.382 e. The van der Waals surface area contributed by atoms with Gasteiger partial charge < -0.3 is 85.1 Å². The molecule has 25 nitrogen and oxygen atoms in total. The molecule has 494 valence electrons. The molecule has 1 saturated carbocycles. The SMILES string of the molecule is C.CCCc1nc(N)nc(N)c1N1CCN(c2ccccc2)CC1.CCc1nc(N)nc(N)c1N1CCN(c2ccc(C)cc2)CC1.CCc1nc(N)nc(N)c1N1CCN(c2ccc(C)cn2)CC1.Nc1nc(N)c(N2CCN(c3ccccc3)CC2)c(C2CC2)n1. The lowest BCUT2D eigenvalue weighted by Gasteiger charge is -2.38. The highest BCUT2D eigenvalue weighted by atomic mass is 15.3. The molecule has 0 unspecified atom stereocenters. The number of nitrogen functional groups attached to an aromatic ring is 8. The Kier molecular flexibility index (Phi) is 22.7. The summed E-state index contributed by atoms with van der Waals surface area (Å²) in [4.78, 5) is 57.3. The molecular weight excluding hydrogens is 1170 g/mol. The van der Waals surface area contributed by atoms with Gasteiger partial charge in [0.25, 0.3) is 0 Å². The van der Waals surface area contributed by atoms with Crippen LogP contribution in [-0.2, 0) is 19.3 Å². The average Bonchev–Trinajstić information content (AvgIpc) is 1.80. The zero-order valence-corrected chi connectivity index (χ0v) is 54.2. The second-order valence-corrected chi connectivity index (χ2v) is 23.8. The van der Waals surface area contributed by atoms with Crippen LogP contribution in [0.4, 0.5) is 92.7 Å². The highest BCUT2D eigenvalue weighted by Gasteiger charge is 2.33. The topological polar surface area (TPSA) is 350 Å². The molecule has 5 aromatic heterocycles. The molecule has 93 heavy (non-hydrogen) atoms. The van der Waals surface area contributed by atoms with E-state index in [1.54, 1.807) is 0 Å². The number of hydrogen-bond acceptors (Lipinski definition) is 25. The van der Waals surface area contributed by atoms with Crippen LogP contribution in [0.3, 0.4) is 0 Å². The molecule has 4 saturated heterocycles. The fraction of sp³-hybridized carbons (Fsp3) is 0.426. The third kappa shape index (κ3) is 16.9. The Morgan fingerprint density at radius 1 is 0.355 bits per heavy atom. The van der Waals surface area contributed by atoms with Crippen molar-refractivity contribution in [2.45, 2.75) is 86.5 Å². The second kappa shape index (κ2) is 31.3. The zero-order chi connectivity index (χ0) is 64.8. The Labute approximate surface area is 548 Å². The van der Waals surface area contributed by atoms with Gasteiger partial charge in [0.05, 0.1) is 22.8 Å². The maximum Gasteiger partial charge on any atom is 0.222 e. The lowest BCUT2D eigenvalue weighted by molar-refractivity contribution is 0.643. The lowest BCUT2D eigenvalue weighted by Crippen LogP contribution is -2.47. The summed E-state index contributed by atoms with van der Waals surface area (Å²) in [6.45, 7) is 25.1. The van der Waals surface area contributed by atoms with Crippen LogP contribution in [0.5, 0.6) is 0 Å². The van der Waals surface area contributed by atoms with Crippen molar-refractivity contribution < 1.29 is 0 Å². The van der Waals surface area contributed by atoms with Crippen LogP contribution < -0.4 is 85.1 Å². The fourth-order valence-electron chi connectivity index (χ4n) is 12.4. The van der Waals surface area contributed by atoms with Crippen LogP contribution in [0.15, 0.2) is 103 Å². The normalized spacial score (nSPS) is 15.7. The molecule has 0 amide bonds. The zero-order valence-electron chi connectivity index (χ0n) is 54.2. The van der Waals surface area contributed by atoms with E-state index in [1.165, 1.54) is 41.0 Å². The predicted molar refractivity (Wildman–Crippen MR) is 386 cm³/mol. The van der Waals surface area contributed by atoms with Gasteiger partial charge in [0.15, 0.2) is 23.3 Å². The van der Waals surface area contributed by atoms with Crippen molar-refractivity contribution in [3.8, 4) is 0 Å². The summed E-state index contributed by atoms with van der Waals surface area (Å²) < 4.78 is 0. The first kappa shape index (κ1) is 67.3. The molecule has 16 N–H and O–H groups in total. The summed E-state index contributed by atoms with van der Waals surface area (Å²) in [6.07, 6.45) is 7.71. The second-order valence-electron chi connectivity index (χ2n) is 23.8. The van der Waals surface area contributed by atoms with Crippen LogP contribution in [0.2, 0.25) is 0 Å². The molecule has 8 aromatic rings. The van der Waals surface area contributed by atoms with Gasteiger partial charge >= 0.3 is 0 Å². The molecule has 3 aromatic carbocycles. The van der Waals surface area contributed by atoms with Crippen LogP contribution >= 0.6 is 0 Å².